The summed E-state index contributed by atoms with van der Waals surface area (Å²) in [6.45, 7) is 3.08. The van der Waals surface area contributed by atoms with Gasteiger partial charge in [0.2, 0.25) is 5.79 Å². The Balaban J connectivity index is 4.09. The molecule has 0 aliphatic carbocycles. The van der Waals surface area contributed by atoms with E-state index in [2.05, 4.69) is 0 Å². The Hall–Kier alpha value is -1.36. The van der Waals surface area contributed by atoms with Crippen molar-refractivity contribution in [3.63, 3.8) is 0 Å². The van der Waals surface area contributed by atoms with E-state index >= 15 is 0 Å². The van der Waals surface area contributed by atoms with Gasteiger partial charge in [0.25, 0.3) is 0 Å². The van der Waals surface area contributed by atoms with Gasteiger partial charge in [-0.15, -0.1) is 0 Å². The minimum Gasteiger partial charge on any atom is -0.478 e. The third-order valence-corrected chi connectivity index (χ3v) is 1.20. The topological polar surface area (TPSA) is 72.8 Å². The number of carbonyl (C=O) groups excluding carboxylic acids is 1. The summed E-state index contributed by atoms with van der Waals surface area (Å²) >= 11 is 0. The zero-order valence-corrected chi connectivity index (χ0v) is 7.73. The molecule has 1 N–H and O–H groups in total. The van der Waals surface area contributed by atoms with Crippen molar-refractivity contribution in [3.05, 3.63) is 12.2 Å². The number of carboxylic acids is 1. The van der Waals surface area contributed by atoms with Gasteiger partial charge in [0, 0.05) is 33.1 Å². The Kier molecular flexibility index (Phi) is 4.13. The second-order valence-electron chi connectivity index (χ2n) is 2.70. The minimum atomic E-state index is -1.20. The SMILES string of the molecule is COC(C)(C)OC(=O)/C=C/C(=O)O. The molecule has 0 heterocycles. The lowest BCUT2D eigenvalue weighted by atomic mass is 10.4. The highest BCUT2D eigenvalue weighted by atomic mass is 16.7. The van der Waals surface area contributed by atoms with Gasteiger partial charge in [-0.25, -0.2) is 9.59 Å². The molecular formula is C8H12O5. The van der Waals surface area contributed by atoms with E-state index in [1.807, 2.05) is 0 Å². The highest BCUT2D eigenvalue weighted by molar-refractivity contribution is 5.90. The quantitative estimate of drug-likeness (QED) is 0.396. The van der Waals surface area contributed by atoms with E-state index in [1.54, 1.807) is 13.8 Å². The minimum absolute atomic E-state index is 0.702. The number of methoxy groups -OCH3 is 1. The Morgan fingerprint density at radius 1 is 1.31 bits per heavy atom. The van der Waals surface area contributed by atoms with Crippen LogP contribution in [0.25, 0.3) is 0 Å². The van der Waals surface area contributed by atoms with Crippen molar-refractivity contribution >= 4 is 11.9 Å². The zero-order chi connectivity index (χ0) is 10.5. The molecule has 0 saturated heterocycles. The van der Waals surface area contributed by atoms with Crippen molar-refractivity contribution in [1.29, 1.82) is 0 Å². The van der Waals surface area contributed by atoms with Crippen LogP contribution in [0.3, 0.4) is 0 Å². The summed E-state index contributed by atoms with van der Waals surface area (Å²) in [4.78, 5) is 20.9. The standard InChI is InChI=1S/C8H12O5/c1-8(2,12-3)13-7(11)5-4-6(9)10/h4-5H,1-3H3,(H,9,10)/b5-4+. The van der Waals surface area contributed by atoms with Crippen molar-refractivity contribution in [1.82, 2.24) is 0 Å². The van der Waals surface area contributed by atoms with Crippen molar-refractivity contribution in [3.8, 4) is 0 Å². The zero-order valence-electron chi connectivity index (χ0n) is 7.73. The van der Waals surface area contributed by atoms with Crippen LogP contribution in [-0.2, 0) is 19.1 Å². The Morgan fingerprint density at radius 2 is 1.85 bits per heavy atom. The summed E-state index contributed by atoms with van der Waals surface area (Å²) in [7, 11) is 1.38. The molecule has 13 heavy (non-hydrogen) atoms. The van der Waals surface area contributed by atoms with Crippen LogP contribution in [0.2, 0.25) is 0 Å². The van der Waals surface area contributed by atoms with Gasteiger partial charge in [-0.2, -0.15) is 0 Å². The third-order valence-electron chi connectivity index (χ3n) is 1.20. The van der Waals surface area contributed by atoms with Crippen LogP contribution in [0, 0.1) is 0 Å². The van der Waals surface area contributed by atoms with E-state index in [0.717, 1.165) is 6.08 Å². The molecule has 0 fully saturated rings. The normalized spacial score (nSPS) is 11.6. The van der Waals surface area contributed by atoms with Gasteiger partial charge in [-0.05, 0) is 0 Å². The van der Waals surface area contributed by atoms with E-state index < -0.39 is 17.7 Å². The van der Waals surface area contributed by atoms with E-state index in [0.29, 0.717) is 6.08 Å². The summed E-state index contributed by atoms with van der Waals surface area (Å²) in [6.07, 6.45) is 1.52. The number of rotatable bonds is 4. The number of hydrogen-bond donors (Lipinski definition) is 1. The summed E-state index contributed by atoms with van der Waals surface area (Å²) < 4.78 is 9.52. The fourth-order valence-electron chi connectivity index (χ4n) is 0.457. The molecule has 0 spiro atoms. The molecule has 0 saturated carbocycles. The lowest BCUT2D eigenvalue weighted by Gasteiger charge is -2.21. The number of aliphatic carboxylic acids is 1. The molecule has 0 rings (SSSR count). The van der Waals surface area contributed by atoms with Crippen LogP contribution in [0.5, 0.6) is 0 Å². The predicted molar refractivity (Wildman–Crippen MR) is 44.0 cm³/mol. The average molecular weight is 188 g/mol. The molecule has 0 aliphatic rings. The van der Waals surface area contributed by atoms with E-state index in [-0.39, 0.29) is 0 Å². The second kappa shape index (κ2) is 4.61. The number of carboxylic acid groups (broad SMARTS) is 1. The Morgan fingerprint density at radius 3 is 2.23 bits per heavy atom. The van der Waals surface area contributed by atoms with Gasteiger partial charge in [0.15, 0.2) is 0 Å². The molecule has 74 valence electrons. The molecule has 0 bridgehead atoms. The number of hydrogen-bond acceptors (Lipinski definition) is 4. The molecule has 0 radical (unpaired) electrons. The summed E-state index contributed by atoms with van der Waals surface area (Å²) in [6, 6.07) is 0. The van der Waals surface area contributed by atoms with E-state index in [1.165, 1.54) is 7.11 Å². The molecule has 0 aromatic heterocycles. The number of esters is 1. The van der Waals surface area contributed by atoms with Gasteiger partial charge in [-0.1, -0.05) is 0 Å². The van der Waals surface area contributed by atoms with Crippen LogP contribution in [-0.4, -0.2) is 29.9 Å². The van der Waals surface area contributed by atoms with Gasteiger partial charge >= 0.3 is 11.9 Å². The predicted octanol–water partition coefficient (Wildman–Crippen LogP) is 0.553. The largest absolute Gasteiger partial charge is 0.478 e. The van der Waals surface area contributed by atoms with Crippen molar-refractivity contribution in [2.75, 3.05) is 7.11 Å². The van der Waals surface area contributed by atoms with Crippen molar-refractivity contribution in [2.45, 2.75) is 19.6 Å². The first-order valence-electron chi connectivity index (χ1n) is 3.56. The van der Waals surface area contributed by atoms with Crippen LogP contribution in [0.1, 0.15) is 13.8 Å². The summed E-state index contributed by atoms with van der Waals surface area (Å²) in [5.41, 5.74) is 0. The van der Waals surface area contributed by atoms with Crippen LogP contribution >= 0.6 is 0 Å². The monoisotopic (exact) mass is 188 g/mol. The highest BCUT2D eigenvalue weighted by Gasteiger charge is 2.20. The first-order chi connectivity index (χ1) is 5.87. The summed E-state index contributed by atoms with van der Waals surface area (Å²) in [5, 5.41) is 8.19. The maximum atomic E-state index is 10.9. The van der Waals surface area contributed by atoms with Crippen molar-refractivity contribution < 1.29 is 24.2 Å². The fraction of sp³-hybridized carbons (Fsp3) is 0.500. The fourth-order valence-corrected chi connectivity index (χ4v) is 0.457. The van der Waals surface area contributed by atoms with Crippen molar-refractivity contribution in [2.24, 2.45) is 0 Å². The molecule has 0 aliphatic heterocycles. The highest BCUT2D eigenvalue weighted by Crippen LogP contribution is 2.09. The first kappa shape index (κ1) is 11.6. The maximum Gasteiger partial charge on any atom is 0.333 e. The molecule has 5 heteroatoms. The van der Waals surface area contributed by atoms with Crippen LogP contribution in [0.15, 0.2) is 12.2 Å². The number of ether oxygens (including phenoxy) is 2. The smallest absolute Gasteiger partial charge is 0.333 e. The van der Waals surface area contributed by atoms with Gasteiger partial charge in [-0.3, -0.25) is 0 Å². The Labute approximate surface area is 75.9 Å². The van der Waals surface area contributed by atoms with Gasteiger partial charge in [0.1, 0.15) is 0 Å². The lowest BCUT2D eigenvalue weighted by Crippen LogP contribution is -2.29. The molecule has 0 aromatic rings. The Bertz CT molecular complexity index is 229. The second-order valence-corrected chi connectivity index (χ2v) is 2.70. The molecular weight excluding hydrogens is 176 g/mol. The van der Waals surface area contributed by atoms with Gasteiger partial charge in [0.05, 0.1) is 0 Å². The molecule has 5 nitrogen and oxygen atoms in total. The van der Waals surface area contributed by atoms with E-state index in [9.17, 15) is 9.59 Å². The van der Waals surface area contributed by atoms with Crippen LogP contribution in [0.4, 0.5) is 0 Å². The first-order valence-corrected chi connectivity index (χ1v) is 3.56. The third kappa shape index (κ3) is 5.86. The molecule has 0 atom stereocenters. The van der Waals surface area contributed by atoms with Gasteiger partial charge < -0.3 is 14.6 Å². The molecule has 0 amide bonds. The van der Waals surface area contributed by atoms with E-state index in [4.69, 9.17) is 14.6 Å². The molecule has 0 unspecified atom stereocenters. The number of carbonyl (C=O) groups is 2. The average Bonchev–Trinajstić information content (AvgIpc) is 2.00. The summed E-state index contributed by atoms with van der Waals surface area (Å²) in [5.74, 6) is -3.00. The maximum absolute atomic E-state index is 10.9. The molecule has 0 aromatic carbocycles. The lowest BCUT2D eigenvalue weighted by molar-refractivity contribution is -0.200. The van der Waals surface area contributed by atoms with Crippen LogP contribution < -0.4 is 0 Å².